The van der Waals surface area contributed by atoms with Crippen molar-refractivity contribution in [2.75, 3.05) is 19.6 Å². The maximum atomic E-state index is 12.7. The number of nitrogens with one attached hydrogen (secondary N) is 1. The van der Waals surface area contributed by atoms with Gasteiger partial charge in [0.05, 0.1) is 0 Å². The predicted molar refractivity (Wildman–Crippen MR) is 80.6 cm³/mol. The van der Waals surface area contributed by atoms with Crippen molar-refractivity contribution in [1.82, 2.24) is 10.2 Å². The molecule has 1 atom stereocenters. The first kappa shape index (κ1) is 17.3. The summed E-state index contributed by atoms with van der Waals surface area (Å²) in [6.07, 6.45) is -0.146. The SMILES string of the molecule is CCCN(Cc1cccc(C(F)F)c1)C1CCNC1.Cl. The fraction of sp³-hybridized carbons (Fsp3) is 0.600. The summed E-state index contributed by atoms with van der Waals surface area (Å²) in [5.41, 5.74) is 1.11. The van der Waals surface area contributed by atoms with Gasteiger partial charge in [-0.2, -0.15) is 0 Å². The van der Waals surface area contributed by atoms with Gasteiger partial charge in [-0.05, 0) is 37.6 Å². The molecule has 0 aliphatic carbocycles. The Balaban J connectivity index is 0.00000200. The van der Waals surface area contributed by atoms with Crippen LogP contribution in [0.15, 0.2) is 24.3 Å². The Morgan fingerprint density at radius 3 is 2.80 bits per heavy atom. The van der Waals surface area contributed by atoms with Crippen LogP contribution in [-0.2, 0) is 6.54 Å². The molecule has 1 N–H and O–H groups in total. The van der Waals surface area contributed by atoms with Gasteiger partial charge in [0.2, 0.25) is 0 Å². The van der Waals surface area contributed by atoms with E-state index < -0.39 is 6.43 Å². The minimum Gasteiger partial charge on any atom is -0.315 e. The zero-order chi connectivity index (χ0) is 13.7. The van der Waals surface area contributed by atoms with Crippen LogP contribution in [-0.4, -0.2) is 30.6 Å². The lowest BCUT2D eigenvalue weighted by atomic mass is 10.1. The second-order valence-electron chi connectivity index (χ2n) is 5.16. The van der Waals surface area contributed by atoms with E-state index in [0.29, 0.717) is 6.04 Å². The van der Waals surface area contributed by atoms with Gasteiger partial charge in [-0.1, -0.05) is 25.1 Å². The average molecular weight is 305 g/mol. The molecule has 1 aliphatic rings. The Bertz CT molecular complexity index is 395. The number of rotatable bonds is 6. The molecule has 0 saturated carbocycles. The first-order valence-corrected chi connectivity index (χ1v) is 7.02. The van der Waals surface area contributed by atoms with E-state index in [4.69, 9.17) is 0 Å². The number of benzene rings is 1. The third-order valence-corrected chi connectivity index (χ3v) is 3.65. The highest BCUT2D eigenvalue weighted by Crippen LogP contribution is 2.21. The van der Waals surface area contributed by atoms with Crippen LogP contribution in [0.2, 0.25) is 0 Å². The highest BCUT2D eigenvalue weighted by Gasteiger charge is 2.21. The summed E-state index contributed by atoms with van der Waals surface area (Å²) in [5, 5.41) is 3.36. The van der Waals surface area contributed by atoms with Gasteiger partial charge in [-0.3, -0.25) is 4.90 Å². The Morgan fingerprint density at radius 2 is 2.20 bits per heavy atom. The quantitative estimate of drug-likeness (QED) is 0.863. The topological polar surface area (TPSA) is 15.3 Å². The molecule has 1 fully saturated rings. The van der Waals surface area contributed by atoms with Crippen LogP contribution < -0.4 is 5.32 Å². The van der Waals surface area contributed by atoms with Crippen LogP contribution in [0.3, 0.4) is 0 Å². The molecule has 114 valence electrons. The first-order chi connectivity index (χ1) is 9.20. The maximum absolute atomic E-state index is 12.7. The normalized spacial score (nSPS) is 18.6. The molecule has 5 heteroatoms. The summed E-state index contributed by atoms with van der Waals surface area (Å²) in [5.74, 6) is 0. The second kappa shape index (κ2) is 8.55. The largest absolute Gasteiger partial charge is 0.315 e. The number of nitrogens with zero attached hydrogens (tertiary/aromatic N) is 1. The van der Waals surface area contributed by atoms with Crippen LogP contribution in [0.1, 0.15) is 37.3 Å². The van der Waals surface area contributed by atoms with E-state index in [-0.39, 0.29) is 18.0 Å². The number of halogens is 3. The molecule has 1 aromatic rings. The van der Waals surface area contributed by atoms with Gasteiger partial charge in [0.25, 0.3) is 6.43 Å². The summed E-state index contributed by atoms with van der Waals surface area (Å²) < 4.78 is 25.4. The fourth-order valence-electron chi connectivity index (χ4n) is 2.69. The van der Waals surface area contributed by atoms with Crippen molar-refractivity contribution in [1.29, 1.82) is 0 Å². The van der Waals surface area contributed by atoms with Gasteiger partial charge in [0.1, 0.15) is 0 Å². The zero-order valence-corrected chi connectivity index (χ0v) is 12.6. The van der Waals surface area contributed by atoms with E-state index in [1.54, 1.807) is 12.1 Å². The lowest BCUT2D eigenvalue weighted by molar-refractivity contribution is 0.151. The molecule has 1 aliphatic heterocycles. The van der Waals surface area contributed by atoms with Gasteiger partial charge >= 0.3 is 0 Å². The van der Waals surface area contributed by atoms with E-state index in [9.17, 15) is 8.78 Å². The predicted octanol–water partition coefficient (Wildman–Crippen LogP) is 3.62. The summed E-state index contributed by atoms with van der Waals surface area (Å²) in [6, 6.07) is 7.34. The molecule has 0 amide bonds. The summed E-state index contributed by atoms with van der Waals surface area (Å²) in [4.78, 5) is 2.41. The lowest BCUT2D eigenvalue weighted by Gasteiger charge is -2.28. The Labute approximate surface area is 126 Å². The molecule has 20 heavy (non-hydrogen) atoms. The smallest absolute Gasteiger partial charge is 0.263 e. The average Bonchev–Trinajstić information content (AvgIpc) is 2.92. The minimum absolute atomic E-state index is 0. The Morgan fingerprint density at radius 1 is 1.40 bits per heavy atom. The van der Waals surface area contributed by atoms with Crippen LogP contribution in [0, 0.1) is 0 Å². The third-order valence-electron chi connectivity index (χ3n) is 3.65. The fourth-order valence-corrected chi connectivity index (χ4v) is 2.69. The molecule has 0 radical (unpaired) electrons. The van der Waals surface area contributed by atoms with Gasteiger partial charge in [0, 0.05) is 24.7 Å². The van der Waals surface area contributed by atoms with Crippen molar-refractivity contribution in [3.8, 4) is 0 Å². The molecule has 2 nitrogen and oxygen atoms in total. The molecule has 2 rings (SSSR count). The molecule has 0 bridgehead atoms. The molecular formula is C15H23ClF2N2. The van der Waals surface area contributed by atoms with Crippen molar-refractivity contribution in [2.24, 2.45) is 0 Å². The number of hydrogen-bond acceptors (Lipinski definition) is 2. The van der Waals surface area contributed by atoms with Crippen molar-refractivity contribution in [3.63, 3.8) is 0 Å². The van der Waals surface area contributed by atoms with Crippen LogP contribution in [0.4, 0.5) is 8.78 Å². The molecule has 0 spiro atoms. The van der Waals surface area contributed by atoms with E-state index in [1.807, 2.05) is 6.07 Å². The number of hydrogen-bond donors (Lipinski definition) is 1. The van der Waals surface area contributed by atoms with Gasteiger partial charge in [0.15, 0.2) is 0 Å². The first-order valence-electron chi connectivity index (χ1n) is 7.02. The molecular weight excluding hydrogens is 282 g/mol. The Hall–Kier alpha value is -0.710. The van der Waals surface area contributed by atoms with Gasteiger partial charge < -0.3 is 5.32 Å². The van der Waals surface area contributed by atoms with E-state index in [0.717, 1.165) is 44.6 Å². The minimum atomic E-state index is -2.38. The van der Waals surface area contributed by atoms with Crippen LogP contribution >= 0.6 is 12.4 Å². The van der Waals surface area contributed by atoms with Crippen molar-refractivity contribution in [2.45, 2.75) is 38.8 Å². The second-order valence-corrected chi connectivity index (χ2v) is 5.16. The van der Waals surface area contributed by atoms with E-state index in [2.05, 4.69) is 17.1 Å². The highest BCUT2D eigenvalue weighted by atomic mass is 35.5. The Kier molecular flexibility index (Phi) is 7.41. The molecule has 1 saturated heterocycles. The van der Waals surface area contributed by atoms with Gasteiger partial charge in [-0.15, -0.1) is 12.4 Å². The summed E-state index contributed by atoms with van der Waals surface area (Å²) in [7, 11) is 0. The molecule has 0 aromatic heterocycles. The summed E-state index contributed by atoms with van der Waals surface area (Å²) >= 11 is 0. The molecule has 1 heterocycles. The van der Waals surface area contributed by atoms with Crippen molar-refractivity contribution in [3.05, 3.63) is 35.4 Å². The summed E-state index contributed by atoms with van der Waals surface area (Å²) in [6.45, 7) is 6.01. The van der Waals surface area contributed by atoms with Gasteiger partial charge in [-0.25, -0.2) is 8.78 Å². The molecule has 1 unspecified atom stereocenters. The van der Waals surface area contributed by atoms with Crippen molar-refractivity contribution >= 4 is 12.4 Å². The third kappa shape index (κ3) is 4.69. The highest BCUT2D eigenvalue weighted by molar-refractivity contribution is 5.85. The molecule has 1 aromatic carbocycles. The van der Waals surface area contributed by atoms with Crippen LogP contribution in [0.5, 0.6) is 0 Å². The number of alkyl halides is 2. The van der Waals surface area contributed by atoms with Crippen LogP contribution in [0.25, 0.3) is 0 Å². The monoisotopic (exact) mass is 304 g/mol. The lowest BCUT2D eigenvalue weighted by Crippen LogP contribution is -2.36. The van der Waals surface area contributed by atoms with E-state index in [1.165, 1.54) is 6.07 Å². The van der Waals surface area contributed by atoms with E-state index >= 15 is 0 Å². The zero-order valence-electron chi connectivity index (χ0n) is 11.8. The maximum Gasteiger partial charge on any atom is 0.263 e. The standard InChI is InChI=1S/C15H22F2N2.ClH/c1-2-8-19(14-6-7-18-10-14)11-12-4-3-5-13(9-12)15(16)17;/h3-5,9,14-15,18H,2,6-8,10-11H2,1H3;1H. The van der Waals surface area contributed by atoms with Crippen molar-refractivity contribution < 1.29 is 8.78 Å².